The normalized spacial score (nSPS) is 17.4. The van der Waals surface area contributed by atoms with Gasteiger partial charge in [-0.15, -0.1) is 0 Å². The number of sulfonamides is 1. The number of nitrogens with zero attached hydrogens (tertiary/aromatic N) is 1. The number of carbonyl (C=O) groups is 1. The summed E-state index contributed by atoms with van der Waals surface area (Å²) in [5, 5.41) is 3.78. The molecule has 1 aromatic rings. The predicted molar refractivity (Wildman–Crippen MR) is 117 cm³/mol. The highest BCUT2D eigenvalue weighted by atomic mass is 35.5. The van der Waals surface area contributed by atoms with Gasteiger partial charge in [-0.3, -0.25) is 9.69 Å². The van der Waals surface area contributed by atoms with E-state index in [4.69, 9.17) is 11.6 Å². The van der Waals surface area contributed by atoms with E-state index in [1.807, 2.05) is 30.5 Å². The third-order valence-corrected chi connectivity index (χ3v) is 7.18. The van der Waals surface area contributed by atoms with E-state index < -0.39 is 16.1 Å². The van der Waals surface area contributed by atoms with Crippen LogP contribution in [-0.2, 0) is 21.4 Å². The van der Waals surface area contributed by atoms with Crippen molar-refractivity contribution in [3.8, 4) is 0 Å². The molecular weight excluding hydrogens is 418 g/mol. The molecule has 0 spiro atoms. The molecule has 0 radical (unpaired) electrons. The summed E-state index contributed by atoms with van der Waals surface area (Å²) >= 11 is 7.53. The molecular formula is C19H30ClN3O3S2. The molecule has 6 nitrogen and oxygen atoms in total. The van der Waals surface area contributed by atoms with Crippen LogP contribution in [0.3, 0.4) is 0 Å². The molecule has 2 rings (SSSR count). The number of thioether (sulfide) groups is 1. The second-order valence-electron chi connectivity index (χ2n) is 7.04. The van der Waals surface area contributed by atoms with Gasteiger partial charge >= 0.3 is 0 Å². The molecule has 1 atom stereocenters. The first kappa shape index (κ1) is 23.5. The van der Waals surface area contributed by atoms with Gasteiger partial charge in [0.1, 0.15) is 6.04 Å². The largest absolute Gasteiger partial charge is 0.352 e. The highest BCUT2D eigenvalue weighted by molar-refractivity contribution is 7.98. The number of likely N-dealkylation sites (tertiary alicyclic amines) is 1. The molecule has 1 aromatic carbocycles. The van der Waals surface area contributed by atoms with Crippen LogP contribution >= 0.6 is 23.4 Å². The predicted octanol–water partition coefficient (Wildman–Crippen LogP) is 2.48. The molecule has 9 heteroatoms. The van der Waals surface area contributed by atoms with Gasteiger partial charge in [-0.25, -0.2) is 13.1 Å². The van der Waals surface area contributed by atoms with Crippen LogP contribution in [0.4, 0.5) is 0 Å². The molecule has 1 aliphatic heterocycles. The molecule has 0 aromatic heterocycles. The van der Waals surface area contributed by atoms with Gasteiger partial charge in [-0.05, 0) is 55.9 Å². The Morgan fingerprint density at radius 1 is 1.29 bits per heavy atom. The van der Waals surface area contributed by atoms with Crippen molar-refractivity contribution >= 4 is 39.3 Å². The van der Waals surface area contributed by atoms with Crippen molar-refractivity contribution in [3.05, 3.63) is 34.9 Å². The molecule has 1 fully saturated rings. The number of halogens is 1. The monoisotopic (exact) mass is 447 g/mol. The fourth-order valence-corrected chi connectivity index (χ4v) is 4.59. The minimum absolute atomic E-state index is 0.0286. The maximum atomic E-state index is 12.6. The Morgan fingerprint density at radius 2 is 1.93 bits per heavy atom. The standard InChI is InChI=1S/C19H30ClN3O3S2/c1-3-28(25,26)22-18(10-13-27-2)19(24)21-17-8-11-23(12-9-17)14-15-4-6-16(20)7-5-15/h4-7,17-18,22H,3,8-14H2,1-2H3,(H,21,24). The molecule has 0 saturated carbocycles. The number of benzene rings is 1. The maximum absolute atomic E-state index is 12.6. The zero-order valence-electron chi connectivity index (χ0n) is 16.5. The van der Waals surface area contributed by atoms with E-state index in [1.165, 1.54) is 5.56 Å². The number of rotatable bonds is 10. The van der Waals surface area contributed by atoms with Crippen LogP contribution in [0.1, 0.15) is 31.7 Å². The molecule has 1 unspecified atom stereocenters. The zero-order chi connectivity index (χ0) is 20.6. The molecule has 2 N–H and O–H groups in total. The number of nitrogens with one attached hydrogen (secondary N) is 2. The molecule has 0 aliphatic carbocycles. The smallest absolute Gasteiger partial charge is 0.238 e. The Kier molecular flexibility index (Phi) is 9.56. The summed E-state index contributed by atoms with van der Waals surface area (Å²) in [6.07, 6.45) is 4.14. The molecule has 1 saturated heterocycles. The molecule has 1 amide bonds. The Morgan fingerprint density at radius 3 is 2.50 bits per heavy atom. The summed E-state index contributed by atoms with van der Waals surface area (Å²) in [5.41, 5.74) is 1.22. The van der Waals surface area contributed by atoms with Gasteiger partial charge in [-0.2, -0.15) is 11.8 Å². The van der Waals surface area contributed by atoms with Crippen LogP contribution < -0.4 is 10.0 Å². The molecule has 158 valence electrons. The third-order valence-electron chi connectivity index (χ3n) is 4.88. The fourth-order valence-electron chi connectivity index (χ4n) is 3.16. The third kappa shape index (κ3) is 7.91. The first-order valence-corrected chi connectivity index (χ1v) is 13.0. The lowest BCUT2D eigenvalue weighted by molar-refractivity contribution is -0.123. The van der Waals surface area contributed by atoms with E-state index in [-0.39, 0.29) is 17.7 Å². The van der Waals surface area contributed by atoms with Crippen molar-refractivity contribution in [1.29, 1.82) is 0 Å². The highest BCUT2D eigenvalue weighted by Gasteiger charge is 2.27. The average molecular weight is 448 g/mol. The van der Waals surface area contributed by atoms with Gasteiger partial charge in [0.15, 0.2) is 0 Å². The Balaban J connectivity index is 1.83. The second kappa shape index (κ2) is 11.4. The van der Waals surface area contributed by atoms with Crippen molar-refractivity contribution in [2.45, 2.75) is 44.8 Å². The van der Waals surface area contributed by atoms with Crippen molar-refractivity contribution in [1.82, 2.24) is 14.9 Å². The molecule has 1 aliphatic rings. The quantitative estimate of drug-likeness (QED) is 0.576. The van der Waals surface area contributed by atoms with Crippen LogP contribution in [0.2, 0.25) is 5.02 Å². The minimum Gasteiger partial charge on any atom is -0.352 e. The van der Waals surface area contributed by atoms with Gasteiger partial charge in [0.05, 0.1) is 5.75 Å². The lowest BCUT2D eigenvalue weighted by Crippen LogP contribution is -2.52. The van der Waals surface area contributed by atoms with E-state index in [0.29, 0.717) is 6.42 Å². The molecule has 0 bridgehead atoms. The molecule has 1 heterocycles. The van der Waals surface area contributed by atoms with Crippen molar-refractivity contribution in [3.63, 3.8) is 0 Å². The Hall–Kier alpha value is -0.800. The molecule has 28 heavy (non-hydrogen) atoms. The van der Waals surface area contributed by atoms with Gasteiger partial charge in [0, 0.05) is 30.7 Å². The summed E-state index contributed by atoms with van der Waals surface area (Å²) in [6, 6.07) is 7.24. The fraction of sp³-hybridized carbons (Fsp3) is 0.632. The zero-order valence-corrected chi connectivity index (χ0v) is 18.9. The van der Waals surface area contributed by atoms with Crippen molar-refractivity contribution in [2.75, 3.05) is 30.9 Å². The van der Waals surface area contributed by atoms with E-state index in [9.17, 15) is 13.2 Å². The van der Waals surface area contributed by atoms with Crippen LogP contribution in [-0.4, -0.2) is 62.2 Å². The van der Waals surface area contributed by atoms with E-state index in [2.05, 4.69) is 14.9 Å². The Labute approximate surface area is 177 Å². The highest BCUT2D eigenvalue weighted by Crippen LogP contribution is 2.16. The SMILES string of the molecule is CCS(=O)(=O)NC(CCSC)C(=O)NC1CCN(Cc2ccc(Cl)cc2)CC1. The summed E-state index contributed by atoms with van der Waals surface area (Å²) in [4.78, 5) is 15.0. The van der Waals surface area contributed by atoms with Crippen LogP contribution in [0.25, 0.3) is 0 Å². The van der Waals surface area contributed by atoms with Gasteiger partial charge in [0.2, 0.25) is 15.9 Å². The summed E-state index contributed by atoms with van der Waals surface area (Å²) in [5.74, 6) is 0.477. The lowest BCUT2D eigenvalue weighted by atomic mass is 10.0. The second-order valence-corrected chi connectivity index (χ2v) is 10.5. The summed E-state index contributed by atoms with van der Waals surface area (Å²) in [6.45, 7) is 4.22. The topological polar surface area (TPSA) is 78.5 Å². The van der Waals surface area contributed by atoms with Gasteiger partial charge in [-0.1, -0.05) is 23.7 Å². The lowest BCUT2D eigenvalue weighted by Gasteiger charge is -2.33. The number of carbonyl (C=O) groups excluding carboxylic acids is 1. The van der Waals surface area contributed by atoms with E-state index in [1.54, 1.807) is 18.7 Å². The first-order valence-electron chi connectivity index (χ1n) is 9.59. The van der Waals surface area contributed by atoms with Crippen molar-refractivity contribution in [2.24, 2.45) is 0 Å². The van der Waals surface area contributed by atoms with Crippen LogP contribution in [0.5, 0.6) is 0 Å². The summed E-state index contributed by atoms with van der Waals surface area (Å²) in [7, 11) is -3.42. The van der Waals surface area contributed by atoms with E-state index in [0.717, 1.165) is 43.3 Å². The minimum atomic E-state index is -3.42. The maximum Gasteiger partial charge on any atom is 0.238 e. The number of piperidine rings is 1. The first-order chi connectivity index (χ1) is 13.3. The average Bonchev–Trinajstić information content (AvgIpc) is 2.68. The number of hydrogen-bond donors (Lipinski definition) is 2. The number of hydrogen-bond acceptors (Lipinski definition) is 5. The summed E-state index contributed by atoms with van der Waals surface area (Å²) < 4.78 is 26.3. The van der Waals surface area contributed by atoms with Crippen LogP contribution in [0, 0.1) is 0 Å². The Bertz CT molecular complexity index is 720. The van der Waals surface area contributed by atoms with Gasteiger partial charge < -0.3 is 5.32 Å². The van der Waals surface area contributed by atoms with Gasteiger partial charge in [0.25, 0.3) is 0 Å². The number of amides is 1. The van der Waals surface area contributed by atoms with Crippen molar-refractivity contribution < 1.29 is 13.2 Å². The van der Waals surface area contributed by atoms with Crippen LogP contribution in [0.15, 0.2) is 24.3 Å². The van der Waals surface area contributed by atoms with E-state index >= 15 is 0 Å².